The van der Waals surface area contributed by atoms with Crippen molar-refractivity contribution in [2.45, 2.75) is 51.1 Å². The minimum absolute atomic E-state index is 0.0303. The van der Waals surface area contributed by atoms with Gasteiger partial charge in [-0.05, 0) is 31.6 Å². The van der Waals surface area contributed by atoms with Crippen LogP contribution >= 0.6 is 0 Å². The molecule has 1 saturated carbocycles. The Morgan fingerprint density at radius 1 is 1.35 bits per heavy atom. The van der Waals surface area contributed by atoms with Crippen molar-refractivity contribution in [1.29, 1.82) is 0 Å². The van der Waals surface area contributed by atoms with Crippen LogP contribution in [0.4, 0.5) is 4.79 Å². The van der Waals surface area contributed by atoms with Crippen molar-refractivity contribution in [2.75, 3.05) is 20.8 Å². The highest BCUT2D eigenvalue weighted by Gasteiger charge is 2.28. The number of hydrogen-bond donors (Lipinski definition) is 2. The Bertz CT molecular complexity index is 327. The van der Waals surface area contributed by atoms with E-state index in [1.807, 2.05) is 0 Å². The summed E-state index contributed by atoms with van der Waals surface area (Å²) in [5.74, 6) is -0.314. The zero-order valence-corrected chi connectivity index (χ0v) is 12.6. The predicted molar refractivity (Wildman–Crippen MR) is 75.6 cm³/mol. The van der Waals surface area contributed by atoms with Crippen LogP contribution in [-0.4, -0.2) is 54.9 Å². The van der Waals surface area contributed by atoms with Crippen LogP contribution in [0.2, 0.25) is 0 Å². The van der Waals surface area contributed by atoms with Gasteiger partial charge in [-0.15, -0.1) is 0 Å². The molecule has 0 saturated heterocycles. The van der Waals surface area contributed by atoms with Crippen LogP contribution in [0.5, 0.6) is 0 Å². The highest BCUT2D eigenvalue weighted by Crippen LogP contribution is 2.28. The summed E-state index contributed by atoms with van der Waals surface area (Å²) in [5, 5.41) is 11.5. The molecule has 0 aromatic rings. The Morgan fingerprint density at radius 3 is 2.40 bits per heavy atom. The summed E-state index contributed by atoms with van der Waals surface area (Å²) in [4.78, 5) is 24.7. The molecule has 1 fully saturated rings. The summed E-state index contributed by atoms with van der Waals surface area (Å²) in [7, 11) is 3.15. The van der Waals surface area contributed by atoms with E-state index in [2.05, 4.69) is 12.2 Å². The molecule has 20 heavy (non-hydrogen) atoms. The van der Waals surface area contributed by atoms with Crippen molar-refractivity contribution >= 4 is 12.0 Å². The molecule has 0 aliphatic heterocycles. The second-order valence-electron chi connectivity index (χ2n) is 5.49. The van der Waals surface area contributed by atoms with Gasteiger partial charge in [-0.2, -0.15) is 0 Å². The molecular formula is C14H26N2O4. The van der Waals surface area contributed by atoms with E-state index in [1.54, 1.807) is 11.9 Å². The summed E-state index contributed by atoms with van der Waals surface area (Å²) in [6.45, 7) is 2.17. The number of nitrogens with zero attached hydrogens (tertiary/aromatic N) is 1. The number of ether oxygens (including phenoxy) is 1. The van der Waals surface area contributed by atoms with Gasteiger partial charge in [0, 0.05) is 20.2 Å². The number of nitrogens with one attached hydrogen (secondary N) is 1. The fourth-order valence-corrected chi connectivity index (χ4v) is 2.70. The first-order valence-corrected chi connectivity index (χ1v) is 7.24. The topological polar surface area (TPSA) is 78.9 Å². The molecule has 1 atom stereocenters. The summed E-state index contributed by atoms with van der Waals surface area (Å²) in [6, 6.07) is -1.13. The van der Waals surface area contributed by atoms with Crippen LogP contribution in [0.3, 0.4) is 0 Å². The average molecular weight is 286 g/mol. The van der Waals surface area contributed by atoms with E-state index in [9.17, 15) is 9.59 Å². The minimum atomic E-state index is -1.08. The van der Waals surface area contributed by atoms with Crippen LogP contribution < -0.4 is 5.32 Å². The van der Waals surface area contributed by atoms with E-state index < -0.39 is 12.0 Å². The minimum Gasteiger partial charge on any atom is -0.480 e. The largest absolute Gasteiger partial charge is 0.480 e. The molecule has 0 aromatic carbocycles. The number of aliphatic carboxylic acids is 1. The molecule has 1 aliphatic rings. The number of methoxy groups -OCH3 is 1. The van der Waals surface area contributed by atoms with E-state index in [-0.39, 0.29) is 18.7 Å². The van der Waals surface area contributed by atoms with Gasteiger partial charge in [-0.1, -0.05) is 13.3 Å². The van der Waals surface area contributed by atoms with Gasteiger partial charge in [-0.3, -0.25) is 0 Å². The maximum absolute atomic E-state index is 12.1. The molecular weight excluding hydrogens is 260 g/mol. The summed E-state index contributed by atoms with van der Waals surface area (Å²) in [6.07, 6.45) is 5.45. The van der Waals surface area contributed by atoms with Crippen molar-refractivity contribution in [3.05, 3.63) is 0 Å². The lowest BCUT2D eigenvalue weighted by atomic mass is 9.84. The number of carbonyl (C=O) groups excluding carboxylic acids is 1. The first-order valence-electron chi connectivity index (χ1n) is 7.24. The third-order valence-electron chi connectivity index (χ3n) is 4.19. The normalized spacial score (nSPS) is 23.9. The molecule has 116 valence electrons. The van der Waals surface area contributed by atoms with Crippen LogP contribution in [0.15, 0.2) is 0 Å². The molecule has 1 rings (SSSR count). The van der Waals surface area contributed by atoms with Gasteiger partial charge >= 0.3 is 12.0 Å². The highest BCUT2D eigenvalue weighted by molar-refractivity contribution is 5.82. The molecule has 0 heterocycles. The second kappa shape index (κ2) is 8.09. The van der Waals surface area contributed by atoms with Gasteiger partial charge in [0.25, 0.3) is 0 Å². The quantitative estimate of drug-likeness (QED) is 0.779. The molecule has 6 nitrogen and oxygen atoms in total. The van der Waals surface area contributed by atoms with Gasteiger partial charge in [0.1, 0.15) is 0 Å². The number of rotatable bonds is 6. The SMILES string of the molecule is CCC1CCC(N(C)C(=O)NC(COC)C(=O)O)CC1. The lowest BCUT2D eigenvalue weighted by molar-refractivity contribution is -0.140. The molecule has 0 aromatic heterocycles. The van der Waals surface area contributed by atoms with Crippen LogP contribution in [0, 0.1) is 5.92 Å². The highest BCUT2D eigenvalue weighted by atomic mass is 16.5. The van der Waals surface area contributed by atoms with Gasteiger partial charge in [0.05, 0.1) is 6.61 Å². The van der Waals surface area contributed by atoms with Gasteiger partial charge in [0.15, 0.2) is 6.04 Å². The lowest BCUT2D eigenvalue weighted by Gasteiger charge is -2.34. The Hall–Kier alpha value is -1.30. The number of carboxylic acids is 1. The van der Waals surface area contributed by atoms with E-state index >= 15 is 0 Å². The van der Waals surface area contributed by atoms with Crippen molar-refractivity contribution < 1.29 is 19.4 Å². The summed E-state index contributed by atoms with van der Waals surface area (Å²) in [5.41, 5.74) is 0. The molecule has 0 bridgehead atoms. The van der Waals surface area contributed by atoms with Crippen LogP contribution in [-0.2, 0) is 9.53 Å². The standard InChI is InChI=1S/C14H26N2O4/c1-4-10-5-7-11(8-6-10)16(2)14(19)15-12(9-20-3)13(17)18/h10-12H,4-9H2,1-3H3,(H,15,19)(H,17,18). The van der Waals surface area contributed by atoms with Crippen molar-refractivity contribution in [1.82, 2.24) is 10.2 Å². The first-order chi connectivity index (χ1) is 9.49. The average Bonchev–Trinajstić information content (AvgIpc) is 2.45. The Balaban J connectivity index is 2.48. The molecule has 2 amide bonds. The Kier molecular flexibility index (Phi) is 6.78. The zero-order valence-electron chi connectivity index (χ0n) is 12.6. The number of carboxylic acid groups (broad SMARTS) is 1. The monoisotopic (exact) mass is 286 g/mol. The Morgan fingerprint density at radius 2 is 1.95 bits per heavy atom. The first kappa shape index (κ1) is 16.8. The maximum atomic E-state index is 12.1. The summed E-state index contributed by atoms with van der Waals surface area (Å²) >= 11 is 0. The Labute approximate surface area is 120 Å². The lowest BCUT2D eigenvalue weighted by Crippen LogP contribution is -2.51. The maximum Gasteiger partial charge on any atom is 0.328 e. The zero-order chi connectivity index (χ0) is 15.1. The number of hydrogen-bond acceptors (Lipinski definition) is 3. The molecule has 6 heteroatoms. The molecule has 1 aliphatic carbocycles. The number of carbonyl (C=O) groups is 2. The molecule has 0 radical (unpaired) electrons. The number of urea groups is 1. The van der Waals surface area contributed by atoms with Crippen molar-refractivity contribution in [2.24, 2.45) is 5.92 Å². The summed E-state index contributed by atoms with van der Waals surface area (Å²) < 4.78 is 4.81. The van der Waals surface area contributed by atoms with Crippen molar-refractivity contribution in [3.63, 3.8) is 0 Å². The van der Waals surface area contributed by atoms with Crippen molar-refractivity contribution in [3.8, 4) is 0 Å². The fraction of sp³-hybridized carbons (Fsp3) is 0.857. The predicted octanol–water partition coefficient (Wildman–Crippen LogP) is 1.70. The molecule has 1 unspecified atom stereocenters. The van der Waals surface area contributed by atoms with Gasteiger partial charge < -0.3 is 20.1 Å². The smallest absolute Gasteiger partial charge is 0.328 e. The number of amides is 2. The van der Waals surface area contributed by atoms with E-state index in [4.69, 9.17) is 9.84 Å². The third kappa shape index (κ3) is 4.67. The van der Waals surface area contributed by atoms with Crippen LogP contribution in [0.1, 0.15) is 39.0 Å². The van der Waals surface area contributed by atoms with Crippen LogP contribution in [0.25, 0.3) is 0 Å². The molecule has 2 N–H and O–H groups in total. The third-order valence-corrected chi connectivity index (χ3v) is 4.19. The van der Waals surface area contributed by atoms with E-state index in [0.29, 0.717) is 0 Å². The van der Waals surface area contributed by atoms with Gasteiger partial charge in [-0.25, -0.2) is 9.59 Å². The van der Waals surface area contributed by atoms with Gasteiger partial charge in [0.2, 0.25) is 0 Å². The van der Waals surface area contributed by atoms with E-state index in [0.717, 1.165) is 31.6 Å². The second-order valence-corrected chi connectivity index (χ2v) is 5.49. The fourth-order valence-electron chi connectivity index (χ4n) is 2.70. The van der Waals surface area contributed by atoms with E-state index in [1.165, 1.54) is 13.5 Å². The molecule has 0 spiro atoms.